The number of carbonyl (C=O) groups is 2. The molecule has 0 radical (unpaired) electrons. The molecule has 8 nitrogen and oxygen atoms in total. The zero-order chi connectivity index (χ0) is 19.7. The van der Waals surface area contributed by atoms with E-state index in [4.69, 9.17) is 0 Å². The molecule has 28 heavy (non-hydrogen) atoms. The van der Waals surface area contributed by atoms with Gasteiger partial charge >= 0.3 is 11.7 Å². The lowest BCUT2D eigenvalue weighted by Crippen LogP contribution is -2.38. The average molecular weight is 442 g/mol. The molecule has 1 N–H and O–H groups in total. The van der Waals surface area contributed by atoms with E-state index < -0.39 is 11.7 Å². The molecule has 0 unspecified atom stereocenters. The Morgan fingerprint density at radius 2 is 1.79 bits per heavy atom. The minimum absolute atomic E-state index is 0.184. The van der Waals surface area contributed by atoms with Crippen LogP contribution in [0, 0.1) is 0 Å². The largest absolute Gasteiger partial charge is 0.365 e. The first-order valence-corrected chi connectivity index (χ1v) is 9.39. The van der Waals surface area contributed by atoms with Crippen molar-refractivity contribution in [2.75, 3.05) is 4.90 Å². The molecule has 1 aliphatic rings. The molecule has 1 aliphatic heterocycles. The van der Waals surface area contributed by atoms with Crippen LogP contribution in [-0.4, -0.2) is 26.3 Å². The number of benzene rings is 2. The third kappa shape index (κ3) is 3.36. The van der Waals surface area contributed by atoms with Gasteiger partial charge < -0.3 is 5.32 Å². The van der Waals surface area contributed by atoms with Crippen molar-refractivity contribution >= 4 is 33.6 Å². The first-order chi connectivity index (χ1) is 13.5. The summed E-state index contributed by atoms with van der Waals surface area (Å²) >= 11 is 3.43. The van der Waals surface area contributed by atoms with Crippen molar-refractivity contribution in [3.05, 3.63) is 80.9 Å². The second kappa shape index (κ2) is 7.43. The van der Waals surface area contributed by atoms with Crippen molar-refractivity contribution in [3.63, 3.8) is 0 Å². The maximum atomic E-state index is 12.8. The number of nitrogens with zero attached hydrogens (tertiary/aromatic N) is 4. The minimum atomic E-state index is -0.618. The van der Waals surface area contributed by atoms with Gasteiger partial charge in [0.2, 0.25) is 5.91 Å². The Labute approximate surface area is 168 Å². The molecule has 0 saturated carbocycles. The van der Waals surface area contributed by atoms with Gasteiger partial charge in [0.25, 0.3) is 0 Å². The van der Waals surface area contributed by atoms with Gasteiger partial charge in [-0.3, -0.25) is 9.69 Å². The predicted octanol–water partition coefficient (Wildman–Crippen LogP) is 2.11. The molecule has 0 fully saturated rings. The fraction of sp³-hybridized carbons (Fsp3) is 0.158. The number of fused-ring (bicyclic) bond motifs is 1. The summed E-state index contributed by atoms with van der Waals surface area (Å²) in [5.74, 6) is -0.0658. The number of rotatable bonds is 5. The average Bonchev–Trinajstić information content (AvgIpc) is 3.18. The number of aromatic nitrogens is 3. The van der Waals surface area contributed by atoms with Crippen LogP contribution < -0.4 is 15.9 Å². The number of carbonyl (C=O) groups excluding carboxylic acids is 2. The van der Waals surface area contributed by atoms with E-state index in [1.807, 2.05) is 42.5 Å². The molecule has 0 bridgehead atoms. The third-order valence-corrected chi connectivity index (χ3v) is 5.21. The van der Waals surface area contributed by atoms with E-state index >= 15 is 0 Å². The van der Waals surface area contributed by atoms with Crippen LogP contribution in [0.5, 0.6) is 0 Å². The smallest absolute Gasteiger partial charge is 0.350 e. The van der Waals surface area contributed by atoms with E-state index in [9.17, 15) is 14.4 Å². The minimum Gasteiger partial charge on any atom is -0.350 e. The van der Waals surface area contributed by atoms with E-state index in [0.29, 0.717) is 18.1 Å². The highest BCUT2D eigenvalue weighted by molar-refractivity contribution is 9.10. The number of nitrogens with one attached hydrogen (secondary N) is 1. The van der Waals surface area contributed by atoms with Crippen LogP contribution in [-0.2, 0) is 24.4 Å². The van der Waals surface area contributed by atoms with Crippen molar-refractivity contribution in [1.29, 1.82) is 0 Å². The van der Waals surface area contributed by atoms with Crippen LogP contribution in [0.4, 0.5) is 10.5 Å². The van der Waals surface area contributed by atoms with Crippen LogP contribution in [0.1, 0.15) is 11.4 Å². The summed E-state index contributed by atoms with van der Waals surface area (Å²) in [7, 11) is 0. The summed E-state index contributed by atoms with van der Waals surface area (Å²) in [6.45, 7) is 0.203. The number of hydrogen-bond acceptors (Lipinski definition) is 4. The summed E-state index contributed by atoms with van der Waals surface area (Å²) in [5.41, 5.74) is 0.996. The molecule has 3 aromatic rings. The standard InChI is InChI=1S/C19H16BrN5O3/c20-15-9-5-4-6-13(15)10-21-17(26)12-24-18(27)22-16-11-23(19(28)25(16)24)14-7-2-1-3-8-14/h1-9H,10-12H2,(H,21,26). The van der Waals surface area contributed by atoms with Gasteiger partial charge in [-0.05, 0) is 23.8 Å². The molecule has 0 atom stereocenters. The Hall–Kier alpha value is -3.20. The van der Waals surface area contributed by atoms with E-state index in [0.717, 1.165) is 14.7 Å². The molecule has 1 aromatic heterocycles. The van der Waals surface area contributed by atoms with Gasteiger partial charge in [-0.25, -0.2) is 14.3 Å². The Morgan fingerprint density at radius 1 is 1.07 bits per heavy atom. The van der Waals surface area contributed by atoms with Crippen molar-refractivity contribution in [1.82, 2.24) is 19.7 Å². The Bertz CT molecular complexity index is 1110. The van der Waals surface area contributed by atoms with Crippen LogP contribution in [0.3, 0.4) is 0 Å². The number of amides is 2. The summed E-state index contributed by atoms with van der Waals surface area (Å²) in [5, 5.41) is 2.76. The van der Waals surface area contributed by atoms with Crippen LogP contribution in [0.15, 0.2) is 63.9 Å². The molecule has 0 aliphatic carbocycles. The quantitative estimate of drug-likeness (QED) is 0.656. The highest BCUT2D eigenvalue weighted by Crippen LogP contribution is 2.22. The van der Waals surface area contributed by atoms with Crippen molar-refractivity contribution in [2.24, 2.45) is 0 Å². The van der Waals surface area contributed by atoms with Gasteiger partial charge in [0.05, 0.1) is 6.54 Å². The highest BCUT2D eigenvalue weighted by Gasteiger charge is 2.33. The van der Waals surface area contributed by atoms with E-state index in [-0.39, 0.29) is 19.0 Å². The zero-order valence-corrected chi connectivity index (χ0v) is 16.3. The molecule has 0 saturated heterocycles. The molecule has 142 valence electrons. The van der Waals surface area contributed by atoms with Crippen LogP contribution in [0.2, 0.25) is 0 Å². The molecule has 2 heterocycles. The lowest BCUT2D eigenvalue weighted by Gasteiger charge is -2.15. The van der Waals surface area contributed by atoms with Crippen LogP contribution >= 0.6 is 15.9 Å². The normalized spacial score (nSPS) is 12.9. The maximum Gasteiger partial charge on any atom is 0.365 e. The molecular weight excluding hydrogens is 426 g/mol. The Balaban J connectivity index is 1.50. The number of hydrogen-bond donors (Lipinski definition) is 1. The van der Waals surface area contributed by atoms with Gasteiger partial charge in [-0.2, -0.15) is 9.67 Å². The fourth-order valence-electron chi connectivity index (χ4n) is 3.06. The predicted molar refractivity (Wildman–Crippen MR) is 106 cm³/mol. The first kappa shape index (κ1) is 18.2. The van der Waals surface area contributed by atoms with Gasteiger partial charge in [0.15, 0.2) is 5.82 Å². The second-order valence-electron chi connectivity index (χ2n) is 6.25. The van der Waals surface area contributed by atoms with E-state index in [1.54, 1.807) is 12.1 Å². The Kier molecular flexibility index (Phi) is 4.82. The van der Waals surface area contributed by atoms with Crippen LogP contribution in [0.25, 0.3) is 0 Å². The van der Waals surface area contributed by atoms with Gasteiger partial charge in [-0.15, -0.1) is 0 Å². The lowest BCUT2D eigenvalue weighted by atomic mass is 10.2. The van der Waals surface area contributed by atoms with Gasteiger partial charge in [0, 0.05) is 16.7 Å². The number of para-hydroxylation sites is 1. The zero-order valence-electron chi connectivity index (χ0n) is 14.7. The topological polar surface area (TPSA) is 89.2 Å². The van der Waals surface area contributed by atoms with Crippen molar-refractivity contribution in [3.8, 4) is 0 Å². The summed E-state index contributed by atoms with van der Waals surface area (Å²) < 4.78 is 3.12. The Morgan fingerprint density at radius 3 is 2.54 bits per heavy atom. The lowest BCUT2D eigenvalue weighted by molar-refractivity contribution is -0.122. The first-order valence-electron chi connectivity index (χ1n) is 8.60. The second-order valence-corrected chi connectivity index (χ2v) is 7.11. The summed E-state index contributed by atoms with van der Waals surface area (Å²) in [6.07, 6.45) is 0. The number of anilines is 1. The molecular formula is C19H16BrN5O3. The monoisotopic (exact) mass is 441 g/mol. The third-order valence-electron chi connectivity index (χ3n) is 4.44. The van der Waals surface area contributed by atoms with Gasteiger partial charge in [-0.1, -0.05) is 52.3 Å². The number of halogens is 1. The SMILES string of the molecule is O=C(Cn1c(=O)nc2n1C(=O)N(c1ccccc1)C2)NCc1ccccc1Br. The van der Waals surface area contributed by atoms with E-state index in [1.165, 1.54) is 9.58 Å². The molecule has 2 amide bonds. The molecule has 2 aromatic carbocycles. The molecule has 4 rings (SSSR count). The summed E-state index contributed by atoms with van der Waals surface area (Å²) in [4.78, 5) is 42.8. The van der Waals surface area contributed by atoms with Crippen molar-refractivity contribution < 1.29 is 9.59 Å². The highest BCUT2D eigenvalue weighted by atomic mass is 79.9. The molecule has 0 spiro atoms. The van der Waals surface area contributed by atoms with Crippen molar-refractivity contribution in [2.45, 2.75) is 19.6 Å². The summed E-state index contributed by atoms with van der Waals surface area (Å²) in [6, 6.07) is 16.2. The van der Waals surface area contributed by atoms with Gasteiger partial charge in [0.1, 0.15) is 6.54 Å². The fourth-order valence-corrected chi connectivity index (χ4v) is 3.48. The maximum absolute atomic E-state index is 12.8. The molecule has 9 heteroatoms. The van der Waals surface area contributed by atoms with E-state index in [2.05, 4.69) is 26.2 Å².